The molecule has 0 saturated heterocycles. The van der Waals surface area contributed by atoms with Crippen LogP contribution in [0.1, 0.15) is 46.6 Å². The van der Waals surface area contributed by atoms with E-state index in [9.17, 15) is 4.79 Å². The van der Waals surface area contributed by atoms with Crippen LogP contribution in [0, 0.1) is 0 Å². The molecule has 1 aromatic carbocycles. The Labute approximate surface area is 111 Å². The number of hydrogen-bond donors (Lipinski definition) is 0. The maximum absolute atomic E-state index is 11.6. The number of fused-ring (bicyclic) bond motifs is 1. The summed E-state index contributed by atoms with van der Waals surface area (Å²) in [5.41, 5.74) is 2.20. The minimum absolute atomic E-state index is 0.367. The molecule has 0 aromatic heterocycles. The van der Waals surface area contributed by atoms with Gasteiger partial charge in [0.1, 0.15) is 5.60 Å². The fourth-order valence-corrected chi connectivity index (χ4v) is 1.93. The second-order valence-corrected chi connectivity index (χ2v) is 5.46. The Balaban J connectivity index is 2.11. The number of ether oxygens (including phenoxy) is 1. The van der Waals surface area contributed by atoms with E-state index < -0.39 is 12.0 Å². The van der Waals surface area contributed by atoms with E-state index in [4.69, 9.17) is 7.48 Å². The molecule has 2 rings (SSSR count). The van der Waals surface area contributed by atoms with Gasteiger partial charge in [-0.1, -0.05) is 18.2 Å². The summed E-state index contributed by atoms with van der Waals surface area (Å²) in [4.78, 5) is 11.6. The molecular formula is C16H20O2. The summed E-state index contributed by atoms with van der Waals surface area (Å²) in [5.74, 6) is -0.367. The number of aryl methyl sites for hydroxylation is 2. The molecule has 2 heteroatoms. The summed E-state index contributed by atoms with van der Waals surface area (Å²) in [6.07, 6.45) is 3.18. The Morgan fingerprint density at radius 3 is 2.89 bits per heavy atom. The van der Waals surface area contributed by atoms with E-state index in [-0.39, 0.29) is 5.97 Å². The van der Waals surface area contributed by atoms with Crippen LogP contribution in [0.5, 0.6) is 0 Å². The number of benzene rings is 1. The maximum Gasteiger partial charge on any atom is 0.331 e. The first-order valence-electron chi connectivity index (χ1n) is 7.22. The minimum atomic E-state index is -1.22. The number of carbonyl (C=O) groups is 1. The zero-order valence-electron chi connectivity index (χ0n) is 13.1. The molecule has 0 aliphatic heterocycles. The number of rotatable bonds is 2. The smallest absolute Gasteiger partial charge is 0.331 e. The molecule has 2 nitrogen and oxygen atoms in total. The molecule has 0 amide bonds. The normalized spacial score (nSPS) is 19.3. The van der Waals surface area contributed by atoms with Gasteiger partial charge in [-0.05, 0) is 62.8 Å². The van der Waals surface area contributed by atoms with Crippen LogP contribution in [-0.4, -0.2) is 11.6 Å². The SMILES string of the molecule is [2H]C1([2H])CCc2cc(/C=C/C(=O)OC(C)(C)C)ccc21. The van der Waals surface area contributed by atoms with Gasteiger partial charge in [0.05, 0.1) is 0 Å². The van der Waals surface area contributed by atoms with E-state index in [0.717, 1.165) is 23.1 Å². The molecule has 1 aromatic rings. The van der Waals surface area contributed by atoms with E-state index in [1.54, 1.807) is 6.08 Å². The zero-order chi connectivity index (χ0) is 15.0. The van der Waals surface area contributed by atoms with Gasteiger partial charge in [0.25, 0.3) is 0 Å². The molecule has 0 fully saturated rings. The Morgan fingerprint density at radius 2 is 2.17 bits per heavy atom. The van der Waals surface area contributed by atoms with E-state index in [0.29, 0.717) is 6.42 Å². The Hall–Kier alpha value is -1.57. The highest BCUT2D eigenvalue weighted by Gasteiger charge is 2.14. The molecule has 0 saturated carbocycles. The van der Waals surface area contributed by atoms with Crippen molar-refractivity contribution in [3.05, 3.63) is 41.0 Å². The lowest BCUT2D eigenvalue weighted by Gasteiger charge is -2.17. The van der Waals surface area contributed by atoms with Gasteiger partial charge in [-0.15, -0.1) is 0 Å². The van der Waals surface area contributed by atoms with E-state index >= 15 is 0 Å². The standard InChI is InChI=1S/C16H20O2/c1-16(2,3)18-15(17)10-8-12-7-9-13-5-4-6-14(13)11-12/h7-11H,4-6H2,1-3H3/b10-8+/i5D2. The van der Waals surface area contributed by atoms with Crippen molar-refractivity contribution in [2.75, 3.05) is 0 Å². The van der Waals surface area contributed by atoms with E-state index in [1.165, 1.54) is 6.08 Å². The highest BCUT2D eigenvalue weighted by atomic mass is 16.6. The summed E-state index contributed by atoms with van der Waals surface area (Å²) in [6.45, 7) is 5.49. The molecular weight excluding hydrogens is 224 g/mol. The molecule has 1 aliphatic rings. The van der Waals surface area contributed by atoms with Crippen LogP contribution >= 0.6 is 0 Å². The summed E-state index contributed by atoms with van der Waals surface area (Å²) >= 11 is 0. The van der Waals surface area contributed by atoms with Crippen LogP contribution in [0.2, 0.25) is 0 Å². The van der Waals surface area contributed by atoms with Crippen molar-refractivity contribution in [2.24, 2.45) is 0 Å². The van der Waals surface area contributed by atoms with Crippen molar-refractivity contribution in [3.63, 3.8) is 0 Å². The predicted octanol–water partition coefficient (Wildman–Crippen LogP) is 3.53. The largest absolute Gasteiger partial charge is 0.457 e. The summed E-state index contributed by atoms with van der Waals surface area (Å²) < 4.78 is 21.0. The quantitative estimate of drug-likeness (QED) is 0.589. The number of carbonyl (C=O) groups excluding carboxylic acids is 1. The van der Waals surface area contributed by atoms with Crippen LogP contribution in [-0.2, 0) is 22.3 Å². The van der Waals surface area contributed by atoms with Gasteiger partial charge < -0.3 is 4.74 Å². The van der Waals surface area contributed by atoms with Gasteiger partial charge in [0, 0.05) is 8.82 Å². The Bertz CT molecular complexity index is 554. The molecule has 0 spiro atoms. The maximum atomic E-state index is 11.6. The van der Waals surface area contributed by atoms with Gasteiger partial charge in [-0.2, -0.15) is 0 Å². The zero-order valence-corrected chi connectivity index (χ0v) is 11.1. The van der Waals surface area contributed by atoms with Gasteiger partial charge in [0.2, 0.25) is 0 Å². The molecule has 0 atom stereocenters. The second kappa shape index (κ2) is 4.97. The van der Waals surface area contributed by atoms with Gasteiger partial charge in [0.15, 0.2) is 0 Å². The third kappa shape index (κ3) is 3.46. The van der Waals surface area contributed by atoms with Crippen molar-refractivity contribution in [2.45, 2.75) is 45.6 Å². The van der Waals surface area contributed by atoms with Crippen molar-refractivity contribution < 1.29 is 12.3 Å². The average Bonchev–Trinajstić information content (AvgIpc) is 2.60. The average molecular weight is 246 g/mol. The van der Waals surface area contributed by atoms with Gasteiger partial charge >= 0.3 is 5.97 Å². The molecule has 0 radical (unpaired) electrons. The lowest BCUT2D eigenvalue weighted by molar-refractivity contribution is -0.148. The first-order valence-corrected chi connectivity index (χ1v) is 6.22. The molecule has 18 heavy (non-hydrogen) atoms. The number of hydrogen-bond acceptors (Lipinski definition) is 2. The minimum Gasteiger partial charge on any atom is -0.457 e. The van der Waals surface area contributed by atoms with Gasteiger partial charge in [-0.3, -0.25) is 0 Å². The third-order valence-corrected chi connectivity index (χ3v) is 2.66. The van der Waals surface area contributed by atoms with Crippen molar-refractivity contribution >= 4 is 12.0 Å². The first kappa shape index (κ1) is 10.4. The van der Waals surface area contributed by atoms with E-state index in [1.807, 2.05) is 39.0 Å². The van der Waals surface area contributed by atoms with Gasteiger partial charge in [-0.25, -0.2) is 4.79 Å². The van der Waals surface area contributed by atoms with E-state index in [2.05, 4.69) is 0 Å². The second-order valence-electron chi connectivity index (χ2n) is 5.46. The predicted molar refractivity (Wildman–Crippen MR) is 73.3 cm³/mol. The molecule has 0 N–H and O–H groups in total. The molecule has 0 bridgehead atoms. The molecule has 0 unspecified atom stereocenters. The topological polar surface area (TPSA) is 26.3 Å². The summed E-state index contributed by atoms with van der Waals surface area (Å²) in [6, 6.07) is 5.60. The molecule has 0 heterocycles. The Kier molecular flexibility index (Phi) is 2.86. The van der Waals surface area contributed by atoms with Crippen LogP contribution in [0.4, 0.5) is 0 Å². The molecule has 96 valence electrons. The highest BCUT2D eigenvalue weighted by molar-refractivity contribution is 5.87. The van der Waals surface area contributed by atoms with Crippen molar-refractivity contribution in [1.82, 2.24) is 0 Å². The molecule has 1 aliphatic carbocycles. The van der Waals surface area contributed by atoms with Crippen molar-refractivity contribution in [1.29, 1.82) is 0 Å². The lowest BCUT2D eigenvalue weighted by Crippen LogP contribution is -2.22. The fraction of sp³-hybridized carbons (Fsp3) is 0.438. The van der Waals surface area contributed by atoms with Crippen LogP contribution in [0.25, 0.3) is 6.08 Å². The monoisotopic (exact) mass is 246 g/mol. The van der Waals surface area contributed by atoms with Crippen LogP contribution in [0.3, 0.4) is 0 Å². The summed E-state index contributed by atoms with van der Waals surface area (Å²) in [7, 11) is 0. The Morgan fingerprint density at radius 1 is 1.39 bits per heavy atom. The van der Waals surface area contributed by atoms with Crippen LogP contribution < -0.4 is 0 Å². The third-order valence-electron chi connectivity index (χ3n) is 2.66. The first-order chi connectivity index (χ1) is 9.17. The van der Waals surface area contributed by atoms with Crippen molar-refractivity contribution in [3.8, 4) is 0 Å². The lowest BCUT2D eigenvalue weighted by atomic mass is 10.1. The number of esters is 1. The summed E-state index contributed by atoms with van der Waals surface area (Å²) in [5, 5.41) is 0. The highest BCUT2D eigenvalue weighted by Crippen LogP contribution is 2.23. The van der Waals surface area contributed by atoms with Crippen LogP contribution in [0.15, 0.2) is 24.3 Å². The fourth-order valence-electron chi connectivity index (χ4n) is 1.93.